The average molecular weight is 276 g/mol. The van der Waals surface area contributed by atoms with Crippen molar-refractivity contribution in [1.82, 2.24) is 0 Å². The molecule has 0 heterocycles. The van der Waals surface area contributed by atoms with Gasteiger partial charge in [-0.3, -0.25) is 4.79 Å². The Balaban J connectivity index is 0.00000289. The van der Waals surface area contributed by atoms with E-state index in [-0.39, 0.29) is 23.9 Å². The fourth-order valence-electron chi connectivity index (χ4n) is 1.57. The summed E-state index contributed by atoms with van der Waals surface area (Å²) in [6, 6.07) is 3.35. The largest absolute Gasteiger partial charge is 0.508 e. The fourth-order valence-corrected chi connectivity index (χ4v) is 1.57. The van der Waals surface area contributed by atoms with Crippen LogP contribution in [0.25, 0.3) is 0 Å². The van der Waals surface area contributed by atoms with Crippen LogP contribution >= 0.6 is 12.4 Å². The number of aromatic hydroxyl groups is 2. The summed E-state index contributed by atoms with van der Waals surface area (Å²) in [4.78, 5) is 11.6. The van der Waals surface area contributed by atoms with Gasteiger partial charge in [-0.05, 0) is 19.9 Å². The summed E-state index contributed by atoms with van der Waals surface area (Å²) in [6.07, 6.45) is 0. The van der Waals surface area contributed by atoms with E-state index in [9.17, 15) is 15.0 Å². The summed E-state index contributed by atoms with van der Waals surface area (Å²) in [6.45, 7) is 3.27. The normalized spacial score (nSPS) is 12.4. The second kappa shape index (κ2) is 5.93. The first kappa shape index (κ1) is 16.5. The number of benzene rings is 1. The van der Waals surface area contributed by atoms with E-state index in [2.05, 4.69) is 4.74 Å². The summed E-state index contributed by atoms with van der Waals surface area (Å²) in [7, 11) is 1.29. The number of hydrogen-bond acceptors (Lipinski definition) is 5. The van der Waals surface area contributed by atoms with Crippen molar-refractivity contribution in [3.05, 3.63) is 23.8 Å². The molecular formula is C12H18ClNO4. The molecule has 0 bridgehead atoms. The Labute approximate surface area is 112 Å². The summed E-state index contributed by atoms with van der Waals surface area (Å²) >= 11 is 0. The highest BCUT2D eigenvalue weighted by Crippen LogP contribution is 2.37. The Morgan fingerprint density at radius 3 is 2.39 bits per heavy atom. The lowest BCUT2D eigenvalue weighted by atomic mass is 9.80. The molecule has 1 aromatic rings. The molecule has 0 aliphatic carbocycles. The number of nitrogens with two attached hydrogens (primary N) is 1. The number of methoxy groups -OCH3 is 1. The summed E-state index contributed by atoms with van der Waals surface area (Å²) < 4.78 is 4.67. The first-order valence-electron chi connectivity index (χ1n) is 5.16. The second-order valence-corrected chi connectivity index (χ2v) is 4.43. The topological polar surface area (TPSA) is 92.8 Å². The molecule has 0 amide bonds. The number of phenols is 2. The van der Waals surface area contributed by atoms with Gasteiger partial charge in [-0.2, -0.15) is 0 Å². The van der Waals surface area contributed by atoms with E-state index < -0.39 is 17.4 Å². The quantitative estimate of drug-likeness (QED) is 0.731. The third kappa shape index (κ3) is 3.05. The standard InChI is InChI=1S/C12H17NO4.ClH/c1-12(2,11(16)17-3)10(13)8-5-4-7(14)6-9(8)15;/h4-6,10,14-15H,13H2,1-3H3;1H/t10-;/m0./s1. The molecule has 5 nitrogen and oxygen atoms in total. The van der Waals surface area contributed by atoms with Gasteiger partial charge in [-0.25, -0.2) is 0 Å². The maximum absolute atomic E-state index is 11.6. The molecule has 1 atom stereocenters. The Morgan fingerprint density at radius 2 is 1.94 bits per heavy atom. The van der Waals surface area contributed by atoms with Gasteiger partial charge in [0.25, 0.3) is 0 Å². The van der Waals surface area contributed by atoms with Gasteiger partial charge >= 0.3 is 5.97 Å². The maximum Gasteiger partial charge on any atom is 0.313 e. The van der Waals surface area contributed by atoms with Crippen molar-refractivity contribution in [3.63, 3.8) is 0 Å². The van der Waals surface area contributed by atoms with Gasteiger partial charge in [0.15, 0.2) is 0 Å². The lowest BCUT2D eigenvalue weighted by molar-refractivity contribution is -0.152. The number of rotatable bonds is 3. The molecule has 1 aromatic carbocycles. The van der Waals surface area contributed by atoms with Gasteiger partial charge < -0.3 is 20.7 Å². The van der Waals surface area contributed by atoms with Gasteiger partial charge in [0, 0.05) is 17.7 Å². The van der Waals surface area contributed by atoms with Gasteiger partial charge in [0.2, 0.25) is 0 Å². The third-order valence-corrected chi connectivity index (χ3v) is 2.84. The summed E-state index contributed by atoms with van der Waals surface area (Å²) in [5, 5.41) is 18.9. The predicted octanol–water partition coefficient (Wildman–Crippen LogP) is 1.72. The van der Waals surface area contributed by atoms with E-state index >= 15 is 0 Å². The molecule has 0 aliphatic rings. The van der Waals surface area contributed by atoms with Crippen LogP contribution in [0.2, 0.25) is 0 Å². The molecule has 4 N–H and O–H groups in total. The highest BCUT2D eigenvalue weighted by Gasteiger charge is 2.37. The van der Waals surface area contributed by atoms with Crippen molar-refractivity contribution < 1.29 is 19.7 Å². The van der Waals surface area contributed by atoms with Crippen LogP contribution in [0.5, 0.6) is 11.5 Å². The monoisotopic (exact) mass is 275 g/mol. The van der Waals surface area contributed by atoms with Crippen LogP contribution in [0.4, 0.5) is 0 Å². The molecule has 0 saturated heterocycles. The van der Waals surface area contributed by atoms with Crippen LogP contribution in [0, 0.1) is 5.41 Å². The van der Waals surface area contributed by atoms with Crippen molar-refractivity contribution >= 4 is 18.4 Å². The maximum atomic E-state index is 11.6. The second-order valence-electron chi connectivity index (χ2n) is 4.43. The summed E-state index contributed by atoms with van der Waals surface area (Å²) in [5.74, 6) is -0.665. The lowest BCUT2D eigenvalue weighted by Gasteiger charge is -2.29. The van der Waals surface area contributed by atoms with Crippen LogP contribution in [0.1, 0.15) is 25.5 Å². The Bertz CT molecular complexity index is 434. The van der Waals surface area contributed by atoms with E-state index in [0.717, 1.165) is 0 Å². The Morgan fingerprint density at radius 1 is 1.39 bits per heavy atom. The van der Waals surface area contributed by atoms with E-state index in [4.69, 9.17) is 5.73 Å². The van der Waals surface area contributed by atoms with Crippen molar-refractivity contribution in [2.24, 2.45) is 11.1 Å². The number of carbonyl (C=O) groups excluding carboxylic acids is 1. The van der Waals surface area contributed by atoms with E-state index in [1.165, 1.54) is 25.3 Å². The number of hydrogen-bond donors (Lipinski definition) is 3. The first-order valence-corrected chi connectivity index (χ1v) is 5.16. The van der Waals surface area contributed by atoms with Crippen LogP contribution in [0.15, 0.2) is 18.2 Å². The average Bonchev–Trinajstić information content (AvgIpc) is 2.27. The van der Waals surface area contributed by atoms with Crippen molar-refractivity contribution in [2.45, 2.75) is 19.9 Å². The fraction of sp³-hybridized carbons (Fsp3) is 0.417. The zero-order valence-corrected chi connectivity index (χ0v) is 11.3. The van der Waals surface area contributed by atoms with Crippen LogP contribution in [-0.4, -0.2) is 23.3 Å². The van der Waals surface area contributed by atoms with Gasteiger partial charge in [-0.1, -0.05) is 6.07 Å². The SMILES string of the molecule is COC(=O)C(C)(C)[C@@H](N)c1ccc(O)cc1O.Cl. The molecule has 18 heavy (non-hydrogen) atoms. The van der Waals surface area contributed by atoms with Crippen LogP contribution in [0.3, 0.4) is 0 Å². The molecule has 0 saturated carbocycles. The highest BCUT2D eigenvalue weighted by molar-refractivity contribution is 5.85. The number of halogens is 1. The Kier molecular flexibility index (Phi) is 5.45. The zero-order chi connectivity index (χ0) is 13.2. The van der Waals surface area contributed by atoms with Crippen molar-refractivity contribution in [3.8, 4) is 11.5 Å². The molecule has 102 valence electrons. The third-order valence-electron chi connectivity index (χ3n) is 2.84. The highest BCUT2D eigenvalue weighted by atomic mass is 35.5. The van der Waals surface area contributed by atoms with Gasteiger partial charge in [-0.15, -0.1) is 12.4 Å². The van der Waals surface area contributed by atoms with Gasteiger partial charge in [0.1, 0.15) is 11.5 Å². The smallest absolute Gasteiger partial charge is 0.313 e. The number of esters is 1. The van der Waals surface area contributed by atoms with Crippen LogP contribution in [-0.2, 0) is 9.53 Å². The zero-order valence-electron chi connectivity index (χ0n) is 10.5. The predicted molar refractivity (Wildman–Crippen MR) is 69.7 cm³/mol. The number of phenolic OH excluding ortho intramolecular Hbond substituents is 2. The molecule has 6 heteroatoms. The molecule has 0 aliphatic heterocycles. The molecule has 1 rings (SSSR count). The van der Waals surface area contributed by atoms with E-state index in [0.29, 0.717) is 5.56 Å². The van der Waals surface area contributed by atoms with E-state index in [1.807, 2.05) is 0 Å². The minimum Gasteiger partial charge on any atom is -0.508 e. The molecule has 0 fully saturated rings. The minimum atomic E-state index is -0.969. The lowest BCUT2D eigenvalue weighted by Crippen LogP contribution is -2.37. The minimum absolute atomic E-state index is 0. The van der Waals surface area contributed by atoms with Gasteiger partial charge in [0.05, 0.1) is 12.5 Å². The Hall–Kier alpha value is -1.46. The molecule has 0 unspecified atom stereocenters. The molecule has 0 aromatic heterocycles. The van der Waals surface area contributed by atoms with Crippen LogP contribution < -0.4 is 5.73 Å². The molecule has 0 spiro atoms. The van der Waals surface area contributed by atoms with Crippen molar-refractivity contribution in [1.29, 1.82) is 0 Å². The molecular weight excluding hydrogens is 258 g/mol. The number of ether oxygens (including phenoxy) is 1. The summed E-state index contributed by atoms with van der Waals surface area (Å²) in [5.41, 5.74) is 5.38. The van der Waals surface area contributed by atoms with E-state index in [1.54, 1.807) is 13.8 Å². The van der Waals surface area contributed by atoms with Crippen molar-refractivity contribution in [2.75, 3.05) is 7.11 Å². The molecule has 0 radical (unpaired) electrons. The first-order chi connectivity index (χ1) is 7.80. The number of carbonyl (C=O) groups is 1.